The molecule has 0 aliphatic carbocycles. The van der Waals surface area contributed by atoms with Crippen LogP contribution in [-0.2, 0) is 11.3 Å². The van der Waals surface area contributed by atoms with E-state index in [1.54, 1.807) is 18.9 Å². The van der Waals surface area contributed by atoms with Crippen molar-refractivity contribution in [3.63, 3.8) is 0 Å². The van der Waals surface area contributed by atoms with Crippen LogP contribution >= 0.6 is 11.8 Å². The number of carbonyl (C=O) groups excluding carboxylic acids is 1. The molecule has 1 atom stereocenters. The highest BCUT2D eigenvalue weighted by Gasteiger charge is 2.24. The maximum atomic E-state index is 13.1. The maximum absolute atomic E-state index is 13.1. The number of rotatable bonds is 8. The molecule has 2 heterocycles. The van der Waals surface area contributed by atoms with Gasteiger partial charge in [-0.1, -0.05) is 30.0 Å². The second-order valence-electron chi connectivity index (χ2n) is 7.78. The summed E-state index contributed by atoms with van der Waals surface area (Å²) in [6.45, 7) is 3.86. The van der Waals surface area contributed by atoms with Crippen molar-refractivity contribution >= 4 is 28.7 Å². The van der Waals surface area contributed by atoms with E-state index < -0.39 is 0 Å². The third kappa shape index (κ3) is 5.15. The topological polar surface area (TPSA) is 56.6 Å². The van der Waals surface area contributed by atoms with E-state index in [9.17, 15) is 4.79 Å². The number of imidazole rings is 1. The molecule has 1 aliphatic heterocycles. The molecule has 0 bridgehead atoms. The summed E-state index contributed by atoms with van der Waals surface area (Å²) < 4.78 is 13.2. The van der Waals surface area contributed by atoms with Gasteiger partial charge in [0.2, 0.25) is 5.91 Å². The lowest BCUT2D eigenvalue weighted by atomic mass is 10.0. The van der Waals surface area contributed by atoms with Crippen LogP contribution < -0.4 is 9.47 Å². The summed E-state index contributed by atoms with van der Waals surface area (Å²) in [5, 5.41) is 0.855. The molecule has 0 saturated carbocycles. The van der Waals surface area contributed by atoms with Crippen LogP contribution in [-0.4, -0.2) is 52.4 Å². The highest BCUT2D eigenvalue weighted by molar-refractivity contribution is 7.99. The van der Waals surface area contributed by atoms with Crippen LogP contribution in [0.15, 0.2) is 53.7 Å². The number of hydrogen-bond donors (Lipinski definition) is 0. The molecule has 1 saturated heterocycles. The van der Waals surface area contributed by atoms with Gasteiger partial charge in [-0.15, -0.1) is 0 Å². The molecule has 1 fully saturated rings. The molecule has 7 heteroatoms. The fourth-order valence-corrected chi connectivity index (χ4v) is 4.83. The van der Waals surface area contributed by atoms with Crippen molar-refractivity contribution in [1.29, 1.82) is 0 Å². The van der Waals surface area contributed by atoms with E-state index >= 15 is 0 Å². The minimum Gasteiger partial charge on any atom is -0.497 e. The van der Waals surface area contributed by atoms with E-state index in [0.29, 0.717) is 19.2 Å². The normalized spacial score (nSPS) is 16.5. The molecule has 0 radical (unpaired) electrons. The number of aromatic nitrogens is 2. The summed E-state index contributed by atoms with van der Waals surface area (Å²) in [6.07, 6.45) is 3.37. The Hall–Kier alpha value is -2.67. The Bertz CT molecular complexity index is 1040. The monoisotopic (exact) mass is 439 g/mol. The van der Waals surface area contributed by atoms with E-state index in [0.717, 1.165) is 52.8 Å². The molecular formula is C24H29N3O3S. The zero-order valence-electron chi connectivity index (χ0n) is 18.1. The molecule has 1 unspecified atom stereocenters. The Morgan fingerprint density at radius 3 is 2.84 bits per heavy atom. The largest absolute Gasteiger partial charge is 0.497 e. The van der Waals surface area contributed by atoms with Gasteiger partial charge in [0.25, 0.3) is 0 Å². The Balaban J connectivity index is 1.44. The van der Waals surface area contributed by atoms with E-state index in [1.165, 1.54) is 6.42 Å². The average molecular weight is 440 g/mol. The van der Waals surface area contributed by atoms with Crippen LogP contribution in [0.4, 0.5) is 0 Å². The second-order valence-corrected chi connectivity index (χ2v) is 8.84. The molecule has 1 amide bonds. The molecular weight excluding hydrogens is 410 g/mol. The van der Waals surface area contributed by atoms with Crippen molar-refractivity contribution in [3.05, 3.63) is 48.5 Å². The first-order valence-electron chi connectivity index (χ1n) is 10.8. The van der Waals surface area contributed by atoms with Crippen molar-refractivity contribution < 1.29 is 14.3 Å². The summed E-state index contributed by atoms with van der Waals surface area (Å²) in [4.78, 5) is 19.9. The number of carbonyl (C=O) groups is 1. The molecule has 3 aromatic rings. The van der Waals surface area contributed by atoms with E-state index in [4.69, 9.17) is 14.5 Å². The number of hydrogen-bond acceptors (Lipinski definition) is 5. The van der Waals surface area contributed by atoms with Crippen molar-refractivity contribution in [2.24, 2.45) is 0 Å². The first-order valence-corrected chi connectivity index (χ1v) is 11.8. The number of nitrogens with zero attached hydrogens (tertiary/aromatic N) is 3. The Kier molecular flexibility index (Phi) is 7.02. The van der Waals surface area contributed by atoms with E-state index in [1.807, 2.05) is 53.4 Å². The van der Waals surface area contributed by atoms with Crippen LogP contribution in [0.25, 0.3) is 11.0 Å². The van der Waals surface area contributed by atoms with Gasteiger partial charge in [0.15, 0.2) is 5.16 Å². The summed E-state index contributed by atoms with van der Waals surface area (Å²) in [5.41, 5.74) is 1.91. The highest BCUT2D eigenvalue weighted by atomic mass is 32.2. The van der Waals surface area contributed by atoms with Crippen molar-refractivity contribution in [2.45, 2.75) is 43.9 Å². The zero-order chi connectivity index (χ0) is 21.6. The van der Waals surface area contributed by atoms with Gasteiger partial charge in [-0.25, -0.2) is 4.98 Å². The van der Waals surface area contributed by atoms with Crippen LogP contribution in [0.2, 0.25) is 0 Å². The van der Waals surface area contributed by atoms with Crippen molar-refractivity contribution in [2.75, 3.05) is 26.0 Å². The van der Waals surface area contributed by atoms with Gasteiger partial charge in [0.05, 0.1) is 24.8 Å². The third-order valence-corrected chi connectivity index (χ3v) is 6.60. The Labute approximate surface area is 187 Å². The summed E-state index contributed by atoms with van der Waals surface area (Å²) in [7, 11) is 1.64. The lowest BCUT2D eigenvalue weighted by Gasteiger charge is -2.33. The van der Waals surface area contributed by atoms with Gasteiger partial charge in [0.1, 0.15) is 18.0 Å². The zero-order valence-corrected chi connectivity index (χ0v) is 18.9. The second kappa shape index (κ2) is 10.1. The number of amides is 1. The average Bonchev–Trinajstić information content (AvgIpc) is 3.14. The number of piperidine rings is 1. The van der Waals surface area contributed by atoms with Gasteiger partial charge >= 0.3 is 0 Å². The number of methoxy groups -OCH3 is 1. The molecule has 0 N–H and O–H groups in total. The van der Waals surface area contributed by atoms with Crippen LogP contribution in [0.5, 0.6) is 11.5 Å². The number of likely N-dealkylation sites (tertiary alicyclic amines) is 1. The first kappa shape index (κ1) is 21.6. The third-order valence-electron chi connectivity index (χ3n) is 5.66. The number of para-hydroxylation sites is 2. The SMILES string of the molecule is COc1cccc(OCCSc2nc3ccccc3n2CC(=O)N2CCCCC2C)c1. The quantitative estimate of drug-likeness (QED) is 0.379. The van der Waals surface area contributed by atoms with Crippen LogP contribution in [0.1, 0.15) is 26.2 Å². The fourth-order valence-electron chi connectivity index (χ4n) is 3.99. The standard InChI is InChI=1S/C24H29N3O3S/c1-18-8-5-6-13-26(18)23(28)17-27-22-12-4-3-11-21(22)25-24(27)31-15-14-30-20-10-7-9-19(16-20)29-2/h3-4,7,9-12,16,18H,5-6,8,13-15,17H2,1-2H3. The Morgan fingerprint density at radius 1 is 1.16 bits per heavy atom. The van der Waals surface area contributed by atoms with Crippen molar-refractivity contribution in [3.8, 4) is 11.5 Å². The Morgan fingerprint density at radius 2 is 2.00 bits per heavy atom. The van der Waals surface area contributed by atoms with Crippen LogP contribution in [0.3, 0.4) is 0 Å². The minimum atomic E-state index is 0.171. The van der Waals surface area contributed by atoms with Gasteiger partial charge in [-0.3, -0.25) is 4.79 Å². The molecule has 0 spiro atoms. The summed E-state index contributed by atoms with van der Waals surface area (Å²) >= 11 is 1.62. The molecule has 2 aromatic carbocycles. The maximum Gasteiger partial charge on any atom is 0.242 e. The summed E-state index contributed by atoms with van der Waals surface area (Å²) in [5.74, 6) is 2.46. The molecule has 1 aromatic heterocycles. The lowest BCUT2D eigenvalue weighted by Crippen LogP contribution is -2.43. The lowest BCUT2D eigenvalue weighted by molar-refractivity contribution is -0.135. The number of benzene rings is 2. The molecule has 31 heavy (non-hydrogen) atoms. The molecule has 1 aliphatic rings. The van der Waals surface area contributed by atoms with Gasteiger partial charge in [-0.2, -0.15) is 0 Å². The van der Waals surface area contributed by atoms with Crippen LogP contribution in [0, 0.1) is 0 Å². The summed E-state index contributed by atoms with van der Waals surface area (Å²) in [6, 6.07) is 15.9. The number of ether oxygens (including phenoxy) is 2. The molecule has 164 valence electrons. The van der Waals surface area contributed by atoms with Gasteiger partial charge in [-0.05, 0) is 50.5 Å². The van der Waals surface area contributed by atoms with E-state index in [-0.39, 0.29) is 5.91 Å². The fraction of sp³-hybridized carbons (Fsp3) is 0.417. The highest BCUT2D eigenvalue weighted by Crippen LogP contribution is 2.26. The minimum absolute atomic E-state index is 0.171. The number of thioether (sulfide) groups is 1. The molecule has 4 rings (SSSR count). The van der Waals surface area contributed by atoms with Gasteiger partial charge < -0.3 is 18.9 Å². The smallest absolute Gasteiger partial charge is 0.242 e. The predicted molar refractivity (Wildman–Crippen MR) is 124 cm³/mol. The van der Waals surface area contributed by atoms with Gasteiger partial charge in [0, 0.05) is 24.4 Å². The number of fused-ring (bicyclic) bond motifs is 1. The molecule has 6 nitrogen and oxygen atoms in total. The predicted octanol–water partition coefficient (Wildman–Crippen LogP) is 4.62. The van der Waals surface area contributed by atoms with E-state index in [2.05, 4.69) is 11.5 Å². The van der Waals surface area contributed by atoms with Crippen molar-refractivity contribution in [1.82, 2.24) is 14.5 Å². The first-order chi connectivity index (χ1) is 15.2.